The zero-order valence-electron chi connectivity index (χ0n) is 14.9. The number of aliphatic carboxylic acids is 1. The van der Waals surface area contributed by atoms with Crippen molar-refractivity contribution in [1.29, 1.82) is 0 Å². The van der Waals surface area contributed by atoms with E-state index in [1.165, 1.54) is 6.92 Å². The predicted octanol–water partition coefficient (Wildman–Crippen LogP) is 3.01. The lowest BCUT2D eigenvalue weighted by atomic mass is 9.92. The van der Waals surface area contributed by atoms with Gasteiger partial charge < -0.3 is 15.3 Å². The van der Waals surface area contributed by atoms with Gasteiger partial charge in [0, 0.05) is 31.5 Å². The van der Waals surface area contributed by atoms with Crippen LogP contribution in [0.3, 0.4) is 0 Å². The summed E-state index contributed by atoms with van der Waals surface area (Å²) in [5.41, 5.74) is 0.831. The number of carbonyl (C=O) groups is 3. The summed E-state index contributed by atoms with van der Waals surface area (Å²) in [6, 6.07) is 6.68. The average molecular weight is 381 g/mol. The minimum atomic E-state index is -0.804. The molecule has 0 aliphatic carbocycles. The molecule has 1 aliphatic heterocycles. The quantitative estimate of drug-likeness (QED) is 0.761. The van der Waals surface area contributed by atoms with Gasteiger partial charge >= 0.3 is 5.97 Å². The van der Waals surface area contributed by atoms with Crippen LogP contribution in [0.1, 0.15) is 50.6 Å². The number of rotatable bonds is 7. The molecule has 0 spiro atoms. The molecule has 0 bridgehead atoms. The van der Waals surface area contributed by atoms with Crippen LogP contribution in [0.25, 0.3) is 0 Å². The van der Waals surface area contributed by atoms with Crippen LogP contribution in [0.2, 0.25) is 5.02 Å². The summed E-state index contributed by atoms with van der Waals surface area (Å²) in [5, 5.41) is 12.3. The number of carboxylic acid groups (broad SMARTS) is 1. The van der Waals surface area contributed by atoms with Crippen molar-refractivity contribution in [1.82, 2.24) is 10.2 Å². The van der Waals surface area contributed by atoms with Crippen molar-refractivity contribution >= 4 is 29.4 Å². The topological polar surface area (TPSA) is 86.7 Å². The monoisotopic (exact) mass is 380 g/mol. The van der Waals surface area contributed by atoms with Gasteiger partial charge in [-0.1, -0.05) is 23.7 Å². The van der Waals surface area contributed by atoms with Crippen LogP contribution in [0, 0.1) is 5.92 Å². The van der Waals surface area contributed by atoms with Gasteiger partial charge in [-0.25, -0.2) is 0 Å². The highest BCUT2D eigenvalue weighted by Crippen LogP contribution is 2.25. The molecule has 0 radical (unpaired) electrons. The maximum absolute atomic E-state index is 12.7. The lowest BCUT2D eigenvalue weighted by Crippen LogP contribution is -2.42. The fourth-order valence-electron chi connectivity index (χ4n) is 3.35. The van der Waals surface area contributed by atoms with Crippen LogP contribution in [0.5, 0.6) is 0 Å². The molecule has 1 heterocycles. The van der Waals surface area contributed by atoms with Crippen LogP contribution < -0.4 is 5.32 Å². The first-order valence-corrected chi connectivity index (χ1v) is 9.25. The molecule has 2 N–H and O–H groups in total. The Hall–Kier alpha value is -2.08. The number of benzene rings is 1. The Morgan fingerprint density at radius 1 is 1.31 bits per heavy atom. The van der Waals surface area contributed by atoms with Crippen LogP contribution in [0.4, 0.5) is 0 Å². The largest absolute Gasteiger partial charge is 0.481 e. The molecular weight excluding hydrogens is 356 g/mol. The highest BCUT2D eigenvalue weighted by atomic mass is 35.5. The van der Waals surface area contributed by atoms with Crippen molar-refractivity contribution in [3.05, 3.63) is 34.9 Å². The third-order valence-corrected chi connectivity index (χ3v) is 4.92. The smallest absolute Gasteiger partial charge is 0.303 e. The van der Waals surface area contributed by atoms with Gasteiger partial charge in [-0.2, -0.15) is 0 Å². The molecule has 0 aromatic heterocycles. The van der Waals surface area contributed by atoms with Gasteiger partial charge in [-0.15, -0.1) is 0 Å². The van der Waals surface area contributed by atoms with Crippen LogP contribution in [0.15, 0.2) is 24.3 Å². The van der Waals surface area contributed by atoms with Crippen molar-refractivity contribution < 1.29 is 19.5 Å². The highest BCUT2D eigenvalue weighted by molar-refractivity contribution is 6.30. The molecule has 1 aromatic rings. The minimum absolute atomic E-state index is 0.0290. The van der Waals surface area contributed by atoms with Crippen molar-refractivity contribution in [2.45, 2.75) is 45.1 Å². The normalized spacial score (nSPS) is 18.2. The Morgan fingerprint density at radius 3 is 2.62 bits per heavy atom. The van der Waals surface area contributed by atoms with Gasteiger partial charge in [0.1, 0.15) is 0 Å². The number of hydrogen-bond acceptors (Lipinski definition) is 3. The van der Waals surface area contributed by atoms with Gasteiger partial charge in [0.05, 0.1) is 12.5 Å². The lowest BCUT2D eigenvalue weighted by molar-refractivity contribution is -0.137. The molecule has 0 unspecified atom stereocenters. The number of hydrogen-bond donors (Lipinski definition) is 2. The van der Waals surface area contributed by atoms with E-state index in [9.17, 15) is 14.4 Å². The Labute approximate surface area is 158 Å². The predicted molar refractivity (Wildman–Crippen MR) is 98.8 cm³/mol. The van der Waals surface area contributed by atoms with E-state index in [4.69, 9.17) is 16.7 Å². The summed E-state index contributed by atoms with van der Waals surface area (Å²) < 4.78 is 0. The first kappa shape index (κ1) is 20.2. The van der Waals surface area contributed by atoms with Gasteiger partial charge in [-0.05, 0) is 42.9 Å². The summed E-state index contributed by atoms with van der Waals surface area (Å²) in [4.78, 5) is 36.8. The molecule has 1 saturated heterocycles. The Kier molecular flexibility index (Phi) is 7.45. The molecule has 6 nitrogen and oxygen atoms in total. The number of nitrogens with zero attached hydrogens (tertiary/aromatic N) is 1. The van der Waals surface area contributed by atoms with E-state index < -0.39 is 12.0 Å². The van der Waals surface area contributed by atoms with Crippen molar-refractivity contribution in [2.24, 2.45) is 5.92 Å². The van der Waals surface area contributed by atoms with E-state index in [2.05, 4.69) is 5.32 Å². The van der Waals surface area contributed by atoms with Gasteiger partial charge in [-0.3, -0.25) is 14.4 Å². The second kappa shape index (κ2) is 9.57. The van der Waals surface area contributed by atoms with E-state index in [-0.39, 0.29) is 30.6 Å². The summed E-state index contributed by atoms with van der Waals surface area (Å²) in [7, 11) is 0. The number of nitrogens with one attached hydrogen (secondary N) is 1. The Bertz CT molecular complexity index is 647. The molecule has 2 atom stereocenters. The SMILES string of the molecule is CC(=O)N[C@H](CC(=O)N1CCC[C@H](CCC(=O)O)C1)c1ccc(Cl)cc1. The van der Waals surface area contributed by atoms with E-state index in [0.29, 0.717) is 24.5 Å². The summed E-state index contributed by atoms with van der Waals surface area (Å²) >= 11 is 5.91. The van der Waals surface area contributed by atoms with E-state index in [0.717, 1.165) is 18.4 Å². The van der Waals surface area contributed by atoms with Crippen LogP contribution in [-0.4, -0.2) is 40.9 Å². The maximum Gasteiger partial charge on any atom is 0.303 e. The number of carboxylic acids is 1. The van der Waals surface area contributed by atoms with Crippen LogP contribution in [-0.2, 0) is 14.4 Å². The highest BCUT2D eigenvalue weighted by Gasteiger charge is 2.26. The number of likely N-dealkylation sites (tertiary alicyclic amines) is 1. The van der Waals surface area contributed by atoms with Crippen molar-refractivity contribution in [3.63, 3.8) is 0 Å². The van der Waals surface area contributed by atoms with Gasteiger partial charge in [0.15, 0.2) is 0 Å². The van der Waals surface area contributed by atoms with E-state index >= 15 is 0 Å². The summed E-state index contributed by atoms with van der Waals surface area (Å²) in [6.07, 6.45) is 2.72. The van der Waals surface area contributed by atoms with E-state index in [1.807, 2.05) is 12.1 Å². The maximum atomic E-state index is 12.7. The molecule has 2 rings (SSSR count). The third-order valence-electron chi connectivity index (χ3n) is 4.67. The first-order valence-electron chi connectivity index (χ1n) is 8.87. The fourth-order valence-corrected chi connectivity index (χ4v) is 3.48. The molecule has 142 valence electrons. The second-order valence-corrected chi connectivity index (χ2v) is 7.23. The number of carbonyl (C=O) groups excluding carboxylic acids is 2. The molecule has 7 heteroatoms. The Morgan fingerprint density at radius 2 is 2.00 bits per heavy atom. The number of piperidine rings is 1. The average Bonchev–Trinajstić information content (AvgIpc) is 2.60. The third kappa shape index (κ3) is 6.33. The number of halogens is 1. The molecule has 1 fully saturated rings. The second-order valence-electron chi connectivity index (χ2n) is 6.79. The van der Waals surface area contributed by atoms with Gasteiger partial charge in [0.2, 0.25) is 11.8 Å². The van der Waals surface area contributed by atoms with Crippen molar-refractivity contribution in [2.75, 3.05) is 13.1 Å². The fraction of sp³-hybridized carbons (Fsp3) is 0.526. The molecule has 0 saturated carbocycles. The molecular formula is C19H25ClN2O4. The lowest BCUT2D eigenvalue weighted by Gasteiger charge is -2.33. The minimum Gasteiger partial charge on any atom is -0.481 e. The summed E-state index contributed by atoms with van der Waals surface area (Å²) in [5.74, 6) is -0.810. The standard InChI is InChI=1S/C19H25ClN2O4/c1-13(23)21-17(15-5-7-16(20)8-6-15)11-18(24)22-10-2-3-14(12-22)4-9-19(25)26/h5-8,14,17H,2-4,9-12H2,1H3,(H,21,23)(H,25,26)/t14-,17-/m1/s1. The number of amides is 2. The molecule has 1 aliphatic rings. The zero-order chi connectivity index (χ0) is 19.1. The molecule has 1 aromatic carbocycles. The Balaban J connectivity index is 2.00. The zero-order valence-corrected chi connectivity index (χ0v) is 15.7. The van der Waals surface area contributed by atoms with Crippen LogP contribution >= 0.6 is 11.6 Å². The van der Waals surface area contributed by atoms with Crippen molar-refractivity contribution in [3.8, 4) is 0 Å². The molecule has 2 amide bonds. The summed E-state index contributed by atoms with van der Waals surface area (Å²) in [6.45, 7) is 2.69. The molecule has 26 heavy (non-hydrogen) atoms. The van der Waals surface area contributed by atoms with Gasteiger partial charge in [0.25, 0.3) is 0 Å². The van der Waals surface area contributed by atoms with E-state index in [1.54, 1.807) is 17.0 Å². The first-order chi connectivity index (χ1) is 12.3.